The van der Waals surface area contributed by atoms with Crippen molar-refractivity contribution in [3.63, 3.8) is 0 Å². The molecule has 0 aliphatic rings. The molecule has 1 aromatic carbocycles. The van der Waals surface area contributed by atoms with Gasteiger partial charge in [0.2, 0.25) is 0 Å². The lowest BCUT2D eigenvalue weighted by atomic mass is 10.1. The Hall–Kier alpha value is -2.14. The number of hydrogen-bond donors (Lipinski definition) is 1. The van der Waals surface area contributed by atoms with Crippen LogP contribution in [0.5, 0.6) is 0 Å². The van der Waals surface area contributed by atoms with Gasteiger partial charge in [0.1, 0.15) is 17.2 Å². The number of rotatable bonds is 4. The van der Waals surface area contributed by atoms with Crippen molar-refractivity contribution < 1.29 is 9.53 Å². The Bertz CT molecular complexity index is 563. The zero-order valence-electron chi connectivity index (χ0n) is 10.2. The van der Waals surface area contributed by atoms with E-state index < -0.39 is 12.0 Å². The Morgan fingerprint density at radius 2 is 2.11 bits per heavy atom. The van der Waals surface area contributed by atoms with E-state index in [1.165, 1.54) is 19.6 Å². The zero-order valence-corrected chi connectivity index (χ0v) is 11.0. The summed E-state index contributed by atoms with van der Waals surface area (Å²) in [6, 6.07) is 8.53. The van der Waals surface area contributed by atoms with Gasteiger partial charge < -0.3 is 10.1 Å². The summed E-state index contributed by atoms with van der Waals surface area (Å²) in [6.45, 7) is 0. The van der Waals surface area contributed by atoms with Crippen LogP contribution in [-0.2, 0) is 9.53 Å². The van der Waals surface area contributed by atoms with Crippen molar-refractivity contribution >= 4 is 23.4 Å². The van der Waals surface area contributed by atoms with Crippen molar-refractivity contribution in [3.8, 4) is 0 Å². The number of esters is 1. The summed E-state index contributed by atoms with van der Waals surface area (Å²) < 4.78 is 4.79. The molecule has 1 unspecified atom stereocenters. The number of methoxy groups -OCH3 is 1. The minimum absolute atomic E-state index is 0.340. The number of carbonyl (C=O) groups is 1. The second-order valence-corrected chi connectivity index (χ2v) is 4.14. The van der Waals surface area contributed by atoms with Gasteiger partial charge in [0.25, 0.3) is 0 Å². The van der Waals surface area contributed by atoms with Crippen LogP contribution in [0.3, 0.4) is 0 Å². The van der Waals surface area contributed by atoms with Crippen LogP contribution in [0.25, 0.3) is 0 Å². The molecule has 5 nitrogen and oxygen atoms in total. The number of anilines is 1. The normalized spacial score (nSPS) is 11.7. The number of benzene rings is 1. The van der Waals surface area contributed by atoms with E-state index in [1.807, 2.05) is 30.3 Å². The minimum atomic E-state index is -0.668. The number of hydrogen-bond acceptors (Lipinski definition) is 5. The van der Waals surface area contributed by atoms with Crippen LogP contribution in [-0.4, -0.2) is 23.0 Å². The molecule has 0 saturated carbocycles. The van der Waals surface area contributed by atoms with Crippen LogP contribution in [0.2, 0.25) is 5.02 Å². The standard InChI is InChI=1S/C13H12ClN3O2/c1-19-13(18)11(9-5-3-2-4-6-9)17-12-10(14)7-15-8-16-12/h2-8,11H,1H3,(H,15,16,17). The maximum Gasteiger partial charge on any atom is 0.333 e. The monoisotopic (exact) mass is 277 g/mol. The van der Waals surface area contributed by atoms with Crippen LogP contribution in [0.4, 0.5) is 5.82 Å². The topological polar surface area (TPSA) is 64.1 Å². The van der Waals surface area contributed by atoms with Gasteiger partial charge in [-0.3, -0.25) is 0 Å². The number of nitrogens with zero attached hydrogens (tertiary/aromatic N) is 2. The van der Waals surface area contributed by atoms with Gasteiger partial charge in [-0.25, -0.2) is 14.8 Å². The van der Waals surface area contributed by atoms with E-state index >= 15 is 0 Å². The van der Waals surface area contributed by atoms with Gasteiger partial charge >= 0.3 is 5.97 Å². The van der Waals surface area contributed by atoms with Crippen LogP contribution in [0, 0.1) is 0 Å². The number of halogens is 1. The molecule has 0 amide bonds. The molecule has 0 aliphatic carbocycles. The first kappa shape index (κ1) is 13.3. The lowest BCUT2D eigenvalue weighted by Crippen LogP contribution is -2.23. The highest BCUT2D eigenvalue weighted by atomic mass is 35.5. The van der Waals surface area contributed by atoms with Gasteiger partial charge in [-0.15, -0.1) is 0 Å². The third-order valence-corrected chi connectivity index (χ3v) is 2.80. The van der Waals surface area contributed by atoms with Crippen LogP contribution < -0.4 is 5.32 Å². The van der Waals surface area contributed by atoms with Crippen molar-refractivity contribution in [1.29, 1.82) is 0 Å². The molecule has 98 valence electrons. The molecule has 0 aliphatic heterocycles. The molecular weight excluding hydrogens is 266 g/mol. The van der Waals surface area contributed by atoms with E-state index in [0.717, 1.165) is 5.56 Å². The van der Waals surface area contributed by atoms with Crippen molar-refractivity contribution in [2.75, 3.05) is 12.4 Å². The summed E-state index contributed by atoms with van der Waals surface area (Å²) in [5, 5.41) is 3.30. The number of ether oxygens (including phenoxy) is 1. The zero-order chi connectivity index (χ0) is 13.7. The van der Waals surface area contributed by atoms with Gasteiger partial charge in [-0.1, -0.05) is 41.9 Å². The number of carbonyl (C=O) groups excluding carboxylic acids is 1. The predicted molar refractivity (Wildman–Crippen MR) is 71.9 cm³/mol. The van der Waals surface area contributed by atoms with E-state index in [-0.39, 0.29) is 0 Å². The Kier molecular flexibility index (Phi) is 4.30. The Morgan fingerprint density at radius 1 is 1.37 bits per heavy atom. The molecule has 0 bridgehead atoms. The molecule has 1 aromatic heterocycles. The number of aromatic nitrogens is 2. The highest BCUT2D eigenvalue weighted by Gasteiger charge is 2.22. The summed E-state index contributed by atoms with van der Waals surface area (Å²) in [6.07, 6.45) is 2.81. The van der Waals surface area contributed by atoms with Crippen LogP contribution in [0.15, 0.2) is 42.9 Å². The van der Waals surface area contributed by atoms with Gasteiger partial charge in [0, 0.05) is 0 Å². The fraction of sp³-hybridized carbons (Fsp3) is 0.154. The molecule has 1 N–H and O–H groups in total. The minimum Gasteiger partial charge on any atom is -0.467 e. The lowest BCUT2D eigenvalue weighted by Gasteiger charge is -2.17. The van der Waals surface area contributed by atoms with Gasteiger partial charge in [0.15, 0.2) is 6.04 Å². The second kappa shape index (κ2) is 6.15. The molecule has 0 fully saturated rings. The molecule has 0 spiro atoms. The summed E-state index contributed by atoms with van der Waals surface area (Å²) in [5.41, 5.74) is 0.768. The van der Waals surface area contributed by atoms with E-state index in [1.54, 1.807) is 0 Å². The smallest absolute Gasteiger partial charge is 0.333 e. The third kappa shape index (κ3) is 3.20. The maximum atomic E-state index is 11.9. The predicted octanol–water partition coefficient (Wildman–Crippen LogP) is 2.46. The number of nitrogens with one attached hydrogen (secondary N) is 1. The average Bonchev–Trinajstić information content (AvgIpc) is 2.46. The fourth-order valence-corrected chi connectivity index (χ4v) is 1.76. The van der Waals surface area contributed by atoms with Crippen molar-refractivity contribution in [2.24, 2.45) is 0 Å². The van der Waals surface area contributed by atoms with E-state index in [4.69, 9.17) is 16.3 Å². The Balaban J connectivity index is 2.30. The molecule has 0 radical (unpaired) electrons. The quantitative estimate of drug-likeness (QED) is 0.870. The van der Waals surface area contributed by atoms with Crippen LogP contribution >= 0.6 is 11.6 Å². The summed E-state index contributed by atoms with van der Waals surface area (Å²) >= 11 is 5.96. The molecule has 0 saturated heterocycles. The molecular formula is C13H12ClN3O2. The second-order valence-electron chi connectivity index (χ2n) is 3.73. The highest BCUT2D eigenvalue weighted by molar-refractivity contribution is 6.32. The van der Waals surface area contributed by atoms with Gasteiger partial charge in [-0.05, 0) is 5.56 Å². The molecule has 6 heteroatoms. The van der Waals surface area contributed by atoms with Crippen LogP contribution in [0.1, 0.15) is 11.6 Å². The summed E-state index contributed by atoms with van der Waals surface area (Å²) in [7, 11) is 1.33. The molecule has 1 atom stereocenters. The first-order valence-corrected chi connectivity index (χ1v) is 5.95. The molecule has 2 rings (SSSR count). The third-order valence-electron chi connectivity index (χ3n) is 2.52. The SMILES string of the molecule is COC(=O)C(Nc1ncncc1Cl)c1ccccc1. The molecule has 2 aromatic rings. The maximum absolute atomic E-state index is 11.9. The van der Waals surface area contributed by atoms with Crippen molar-refractivity contribution in [3.05, 3.63) is 53.4 Å². The first-order valence-electron chi connectivity index (χ1n) is 5.57. The van der Waals surface area contributed by atoms with E-state index in [9.17, 15) is 4.79 Å². The van der Waals surface area contributed by atoms with E-state index in [0.29, 0.717) is 10.8 Å². The fourth-order valence-electron chi connectivity index (χ4n) is 1.60. The highest BCUT2D eigenvalue weighted by Crippen LogP contribution is 2.24. The Morgan fingerprint density at radius 3 is 2.74 bits per heavy atom. The van der Waals surface area contributed by atoms with Gasteiger partial charge in [0.05, 0.1) is 13.3 Å². The largest absolute Gasteiger partial charge is 0.467 e. The first-order chi connectivity index (χ1) is 9.22. The van der Waals surface area contributed by atoms with Crippen molar-refractivity contribution in [2.45, 2.75) is 6.04 Å². The molecule has 1 heterocycles. The summed E-state index contributed by atoms with van der Waals surface area (Å²) in [5.74, 6) is -0.0307. The average molecular weight is 278 g/mol. The lowest BCUT2D eigenvalue weighted by molar-refractivity contribution is -0.141. The van der Waals surface area contributed by atoms with Gasteiger partial charge in [-0.2, -0.15) is 0 Å². The Labute approximate surface area is 115 Å². The van der Waals surface area contributed by atoms with E-state index in [2.05, 4.69) is 15.3 Å². The summed E-state index contributed by atoms with van der Waals surface area (Å²) in [4.78, 5) is 19.6. The van der Waals surface area contributed by atoms with Crippen molar-refractivity contribution in [1.82, 2.24) is 9.97 Å². The molecule has 19 heavy (non-hydrogen) atoms.